The lowest BCUT2D eigenvalue weighted by molar-refractivity contribution is -0.133. The molecule has 18 heavy (non-hydrogen) atoms. The molecule has 0 bridgehead atoms. The fraction of sp³-hybridized carbons (Fsp3) is 0.909. The third-order valence-electron chi connectivity index (χ3n) is 3.00. The molecule has 1 unspecified atom stereocenters. The summed E-state index contributed by atoms with van der Waals surface area (Å²) in [4.78, 5) is 13.5. The Kier molecular flexibility index (Phi) is 4.40. The first-order valence-corrected chi connectivity index (χ1v) is 7.46. The first kappa shape index (κ1) is 15.4. The minimum atomic E-state index is -3.48. The van der Waals surface area contributed by atoms with Gasteiger partial charge in [-0.25, -0.2) is 8.42 Å². The van der Waals surface area contributed by atoms with Gasteiger partial charge in [0.2, 0.25) is 15.9 Å². The van der Waals surface area contributed by atoms with Gasteiger partial charge in [0.15, 0.2) is 0 Å². The highest BCUT2D eigenvalue weighted by Crippen LogP contribution is 2.23. The summed E-state index contributed by atoms with van der Waals surface area (Å²) in [6.45, 7) is 6.24. The van der Waals surface area contributed by atoms with E-state index in [2.05, 4.69) is 5.32 Å². The SMILES string of the molecule is CN(C)C(=O)C1CNCCN1S(=O)(=O)C(C)(C)C. The molecule has 1 N–H and O–H groups in total. The van der Waals surface area contributed by atoms with E-state index in [1.54, 1.807) is 34.9 Å². The largest absolute Gasteiger partial charge is 0.347 e. The summed E-state index contributed by atoms with van der Waals surface area (Å²) in [6, 6.07) is -0.641. The van der Waals surface area contributed by atoms with Crippen molar-refractivity contribution in [2.24, 2.45) is 0 Å². The molecule has 106 valence electrons. The van der Waals surface area contributed by atoms with Crippen LogP contribution in [0.4, 0.5) is 0 Å². The average Bonchev–Trinajstić information content (AvgIpc) is 2.26. The van der Waals surface area contributed by atoms with E-state index in [1.807, 2.05) is 0 Å². The molecule has 0 aromatic carbocycles. The second-order valence-corrected chi connectivity index (χ2v) is 8.32. The number of hydrogen-bond acceptors (Lipinski definition) is 4. The van der Waals surface area contributed by atoms with Gasteiger partial charge in [-0.2, -0.15) is 4.31 Å². The van der Waals surface area contributed by atoms with Crippen molar-refractivity contribution < 1.29 is 13.2 Å². The van der Waals surface area contributed by atoms with Gasteiger partial charge in [0.25, 0.3) is 0 Å². The van der Waals surface area contributed by atoms with Crippen molar-refractivity contribution in [2.75, 3.05) is 33.7 Å². The number of nitrogens with zero attached hydrogens (tertiary/aromatic N) is 2. The molecule has 1 aliphatic rings. The maximum atomic E-state index is 12.5. The Morgan fingerprint density at radius 1 is 1.33 bits per heavy atom. The van der Waals surface area contributed by atoms with Crippen molar-refractivity contribution >= 4 is 15.9 Å². The van der Waals surface area contributed by atoms with Crippen LogP contribution in [0.5, 0.6) is 0 Å². The summed E-state index contributed by atoms with van der Waals surface area (Å²) < 4.78 is 25.4. The Bertz CT molecular complexity index is 412. The van der Waals surface area contributed by atoms with Crippen LogP contribution in [0.15, 0.2) is 0 Å². The number of likely N-dealkylation sites (N-methyl/N-ethyl adjacent to an activating group) is 1. The van der Waals surface area contributed by atoms with E-state index in [0.29, 0.717) is 19.6 Å². The smallest absolute Gasteiger partial charge is 0.241 e. The predicted molar refractivity (Wildman–Crippen MR) is 70.7 cm³/mol. The zero-order valence-electron chi connectivity index (χ0n) is 11.7. The number of carbonyl (C=O) groups is 1. The van der Waals surface area contributed by atoms with Crippen LogP contribution in [0.25, 0.3) is 0 Å². The molecule has 1 amide bonds. The quantitative estimate of drug-likeness (QED) is 0.737. The van der Waals surface area contributed by atoms with Crippen LogP contribution >= 0.6 is 0 Å². The summed E-state index contributed by atoms with van der Waals surface area (Å²) in [6.07, 6.45) is 0. The summed E-state index contributed by atoms with van der Waals surface area (Å²) in [5, 5.41) is 3.07. The van der Waals surface area contributed by atoms with Crippen molar-refractivity contribution in [1.29, 1.82) is 0 Å². The van der Waals surface area contributed by atoms with Gasteiger partial charge in [0.1, 0.15) is 6.04 Å². The Morgan fingerprint density at radius 3 is 2.33 bits per heavy atom. The molecular weight excluding hydrogens is 254 g/mol. The van der Waals surface area contributed by atoms with E-state index in [4.69, 9.17) is 0 Å². The molecule has 1 fully saturated rings. The Morgan fingerprint density at radius 2 is 1.89 bits per heavy atom. The van der Waals surface area contributed by atoms with E-state index in [9.17, 15) is 13.2 Å². The molecule has 0 aliphatic carbocycles. The van der Waals surface area contributed by atoms with Crippen LogP contribution in [-0.2, 0) is 14.8 Å². The summed E-state index contributed by atoms with van der Waals surface area (Å²) in [7, 11) is -0.206. The van der Waals surface area contributed by atoms with Gasteiger partial charge in [0.05, 0.1) is 4.75 Å². The molecule has 0 aromatic rings. The predicted octanol–water partition coefficient (Wildman–Crippen LogP) is -0.523. The molecule has 1 rings (SSSR count). The fourth-order valence-corrected chi connectivity index (χ4v) is 3.37. The van der Waals surface area contributed by atoms with Crippen LogP contribution in [0.1, 0.15) is 20.8 Å². The third-order valence-corrected chi connectivity index (χ3v) is 5.60. The first-order chi connectivity index (χ1) is 8.09. The Balaban J connectivity index is 3.08. The summed E-state index contributed by atoms with van der Waals surface area (Å²) in [5.41, 5.74) is 0. The maximum absolute atomic E-state index is 12.5. The number of piperazine rings is 1. The average molecular weight is 277 g/mol. The minimum Gasteiger partial charge on any atom is -0.347 e. The highest BCUT2D eigenvalue weighted by molar-refractivity contribution is 7.90. The second-order valence-electron chi connectivity index (χ2n) is 5.68. The van der Waals surface area contributed by atoms with Crippen LogP contribution in [0, 0.1) is 0 Å². The number of hydrogen-bond donors (Lipinski definition) is 1. The summed E-state index contributed by atoms with van der Waals surface area (Å²) >= 11 is 0. The van der Waals surface area contributed by atoms with Gasteiger partial charge in [-0.1, -0.05) is 0 Å². The van der Waals surface area contributed by atoms with Crippen molar-refractivity contribution in [3.8, 4) is 0 Å². The van der Waals surface area contributed by atoms with Crippen LogP contribution in [-0.4, -0.2) is 68.0 Å². The molecule has 1 aliphatic heterocycles. The standard InChI is InChI=1S/C11H23N3O3S/c1-11(2,3)18(16,17)14-7-6-12-8-9(14)10(15)13(4)5/h9,12H,6-8H2,1-5H3. The van der Waals surface area contributed by atoms with E-state index in [1.165, 1.54) is 9.21 Å². The van der Waals surface area contributed by atoms with Crippen molar-refractivity contribution in [1.82, 2.24) is 14.5 Å². The lowest BCUT2D eigenvalue weighted by Crippen LogP contribution is -2.61. The lowest BCUT2D eigenvalue weighted by Gasteiger charge is -2.38. The molecular formula is C11H23N3O3S. The van der Waals surface area contributed by atoms with Gasteiger partial charge in [-0.05, 0) is 20.8 Å². The van der Waals surface area contributed by atoms with Gasteiger partial charge in [-0.3, -0.25) is 4.79 Å². The lowest BCUT2D eigenvalue weighted by atomic mass is 10.2. The molecule has 1 saturated heterocycles. The molecule has 6 nitrogen and oxygen atoms in total. The molecule has 0 aromatic heterocycles. The fourth-order valence-electron chi connectivity index (χ4n) is 1.83. The van der Waals surface area contributed by atoms with Crippen LogP contribution < -0.4 is 5.32 Å². The molecule has 7 heteroatoms. The van der Waals surface area contributed by atoms with Gasteiger partial charge in [0, 0.05) is 33.7 Å². The molecule has 0 saturated carbocycles. The number of carbonyl (C=O) groups excluding carboxylic acids is 1. The van der Waals surface area contributed by atoms with Crippen molar-refractivity contribution in [3.05, 3.63) is 0 Å². The number of amides is 1. The van der Waals surface area contributed by atoms with Gasteiger partial charge in [-0.15, -0.1) is 0 Å². The van der Waals surface area contributed by atoms with E-state index < -0.39 is 20.8 Å². The maximum Gasteiger partial charge on any atom is 0.241 e. The van der Waals surface area contributed by atoms with Crippen molar-refractivity contribution in [3.63, 3.8) is 0 Å². The normalized spacial score (nSPS) is 22.8. The van der Waals surface area contributed by atoms with Crippen LogP contribution in [0.2, 0.25) is 0 Å². The van der Waals surface area contributed by atoms with E-state index in [0.717, 1.165) is 0 Å². The monoisotopic (exact) mass is 277 g/mol. The second kappa shape index (κ2) is 5.14. The number of sulfonamides is 1. The molecule has 1 heterocycles. The third kappa shape index (κ3) is 2.84. The Labute approximate surface area is 109 Å². The Hall–Kier alpha value is -0.660. The van der Waals surface area contributed by atoms with Crippen LogP contribution in [0.3, 0.4) is 0 Å². The topological polar surface area (TPSA) is 69.7 Å². The van der Waals surface area contributed by atoms with Gasteiger partial charge >= 0.3 is 0 Å². The molecule has 1 atom stereocenters. The number of rotatable bonds is 2. The van der Waals surface area contributed by atoms with Crippen molar-refractivity contribution in [2.45, 2.75) is 31.6 Å². The number of nitrogens with one attached hydrogen (secondary N) is 1. The molecule has 0 radical (unpaired) electrons. The highest BCUT2D eigenvalue weighted by atomic mass is 32.2. The first-order valence-electron chi connectivity index (χ1n) is 6.02. The zero-order chi connectivity index (χ0) is 14.1. The molecule has 0 spiro atoms. The summed E-state index contributed by atoms with van der Waals surface area (Å²) in [5.74, 6) is -0.185. The highest BCUT2D eigenvalue weighted by Gasteiger charge is 2.43. The van der Waals surface area contributed by atoms with E-state index in [-0.39, 0.29) is 5.91 Å². The zero-order valence-corrected chi connectivity index (χ0v) is 12.5. The van der Waals surface area contributed by atoms with E-state index >= 15 is 0 Å². The van der Waals surface area contributed by atoms with Gasteiger partial charge < -0.3 is 10.2 Å². The minimum absolute atomic E-state index is 0.185.